The number of ether oxygens (including phenoxy) is 4. The Morgan fingerprint density at radius 3 is 1.29 bits per heavy atom. The van der Waals surface area contributed by atoms with Crippen molar-refractivity contribution in [3.63, 3.8) is 0 Å². The van der Waals surface area contributed by atoms with Crippen molar-refractivity contribution in [3.05, 3.63) is 59.7 Å². The van der Waals surface area contributed by atoms with E-state index in [4.69, 9.17) is 9.47 Å². The van der Waals surface area contributed by atoms with Crippen LogP contribution in [0.25, 0.3) is 0 Å². The zero-order valence-electron chi connectivity index (χ0n) is 17.4. The highest BCUT2D eigenvalue weighted by atomic mass is 16.5. The van der Waals surface area contributed by atoms with E-state index in [-0.39, 0.29) is 24.3 Å². The van der Waals surface area contributed by atoms with E-state index in [0.29, 0.717) is 31.1 Å². The number of carbonyl (C=O) groups excluding carboxylic acids is 4. The summed E-state index contributed by atoms with van der Waals surface area (Å²) in [6.45, 7) is 4.31. The maximum Gasteiger partial charge on any atom is 0.379 e. The van der Waals surface area contributed by atoms with Crippen LogP contribution in [0.3, 0.4) is 0 Å². The van der Waals surface area contributed by atoms with Gasteiger partial charge in [0.1, 0.15) is 11.5 Å². The molecular weight excluding hydrogens is 404 g/mol. The van der Waals surface area contributed by atoms with Crippen molar-refractivity contribution >= 4 is 23.5 Å². The molecule has 0 saturated carbocycles. The van der Waals surface area contributed by atoms with Gasteiger partial charge < -0.3 is 18.9 Å². The van der Waals surface area contributed by atoms with Crippen LogP contribution in [-0.4, -0.2) is 49.9 Å². The lowest BCUT2D eigenvalue weighted by molar-refractivity contribution is -0.138. The predicted molar refractivity (Wildman–Crippen MR) is 110 cm³/mol. The lowest BCUT2D eigenvalue weighted by Gasteiger charge is -2.09. The van der Waals surface area contributed by atoms with Crippen molar-refractivity contribution < 1.29 is 38.1 Å². The molecule has 0 aromatic heterocycles. The van der Waals surface area contributed by atoms with Gasteiger partial charge in [0.15, 0.2) is 0 Å². The molecule has 0 radical (unpaired) electrons. The summed E-state index contributed by atoms with van der Waals surface area (Å²) in [5.41, 5.74) is 0.470. The molecule has 0 heterocycles. The summed E-state index contributed by atoms with van der Waals surface area (Å²) >= 11 is 0. The SMILES string of the molecule is CCOC(=O)C(=O)c1ccc(OCCCOc2ccc(C(=O)C(=O)OCC)cc2)cc1. The van der Waals surface area contributed by atoms with Gasteiger partial charge in [-0.1, -0.05) is 0 Å². The van der Waals surface area contributed by atoms with Gasteiger partial charge in [0.05, 0.1) is 26.4 Å². The first-order chi connectivity index (χ1) is 15.0. The fourth-order valence-electron chi connectivity index (χ4n) is 2.47. The molecule has 0 spiro atoms. The molecule has 0 fully saturated rings. The van der Waals surface area contributed by atoms with Crippen LogP contribution >= 0.6 is 0 Å². The summed E-state index contributed by atoms with van der Waals surface area (Å²) < 4.78 is 20.5. The molecule has 0 N–H and O–H groups in total. The second-order valence-electron chi connectivity index (χ2n) is 6.20. The third-order valence-corrected chi connectivity index (χ3v) is 3.98. The number of esters is 2. The minimum Gasteiger partial charge on any atom is -0.493 e. The molecule has 2 aromatic rings. The van der Waals surface area contributed by atoms with Crippen molar-refractivity contribution in [2.24, 2.45) is 0 Å². The number of ketones is 2. The summed E-state index contributed by atoms with van der Waals surface area (Å²) in [6, 6.07) is 12.4. The molecule has 8 nitrogen and oxygen atoms in total. The Morgan fingerprint density at radius 1 is 0.613 bits per heavy atom. The van der Waals surface area contributed by atoms with E-state index >= 15 is 0 Å². The number of benzene rings is 2. The molecule has 0 bridgehead atoms. The molecule has 0 unspecified atom stereocenters. The van der Waals surface area contributed by atoms with Gasteiger partial charge in [0, 0.05) is 17.5 Å². The fraction of sp³-hybridized carbons (Fsp3) is 0.304. The number of carbonyl (C=O) groups is 4. The van der Waals surface area contributed by atoms with Gasteiger partial charge in [-0.2, -0.15) is 0 Å². The largest absolute Gasteiger partial charge is 0.493 e. The first-order valence-corrected chi connectivity index (χ1v) is 9.84. The van der Waals surface area contributed by atoms with E-state index in [9.17, 15) is 19.2 Å². The van der Waals surface area contributed by atoms with Crippen LogP contribution in [0, 0.1) is 0 Å². The van der Waals surface area contributed by atoms with Crippen LogP contribution < -0.4 is 9.47 Å². The van der Waals surface area contributed by atoms with Gasteiger partial charge >= 0.3 is 11.9 Å². The number of hydrogen-bond acceptors (Lipinski definition) is 8. The van der Waals surface area contributed by atoms with Crippen LogP contribution in [0.5, 0.6) is 11.5 Å². The van der Waals surface area contributed by atoms with E-state index in [0.717, 1.165) is 0 Å². The summed E-state index contributed by atoms with van der Waals surface area (Å²) in [6.07, 6.45) is 0.590. The molecular formula is C23H24O8. The highest BCUT2D eigenvalue weighted by Gasteiger charge is 2.18. The zero-order valence-corrected chi connectivity index (χ0v) is 17.4. The Morgan fingerprint density at radius 2 is 0.968 bits per heavy atom. The molecule has 0 saturated heterocycles. The summed E-state index contributed by atoms with van der Waals surface area (Å²) in [7, 11) is 0. The Kier molecular flexibility index (Phi) is 9.22. The van der Waals surface area contributed by atoms with Gasteiger partial charge in [0.2, 0.25) is 0 Å². The highest BCUT2D eigenvalue weighted by molar-refractivity contribution is 6.41. The van der Waals surface area contributed by atoms with Gasteiger partial charge in [0.25, 0.3) is 11.6 Å². The smallest absolute Gasteiger partial charge is 0.379 e. The van der Waals surface area contributed by atoms with Crippen LogP contribution in [-0.2, 0) is 19.1 Å². The molecule has 31 heavy (non-hydrogen) atoms. The monoisotopic (exact) mass is 428 g/mol. The fourth-order valence-corrected chi connectivity index (χ4v) is 2.47. The van der Waals surface area contributed by atoms with Crippen molar-refractivity contribution in [3.8, 4) is 11.5 Å². The Balaban J connectivity index is 1.72. The van der Waals surface area contributed by atoms with Gasteiger partial charge in [-0.05, 0) is 62.4 Å². The Labute approximate surface area is 180 Å². The third-order valence-electron chi connectivity index (χ3n) is 3.98. The van der Waals surface area contributed by atoms with E-state index in [2.05, 4.69) is 9.47 Å². The minimum absolute atomic E-state index is 0.143. The van der Waals surface area contributed by atoms with Crippen molar-refractivity contribution in [2.45, 2.75) is 20.3 Å². The molecule has 0 atom stereocenters. The summed E-state index contributed by atoms with van der Waals surface area (Å²) in [5, 5.41) is 0. The minimum atomic E-state index is -0.883. The number of rotatable bonds is 12. The van der Waals surface area contributed by atoms with Crippen LogP contribution in [0.15, 0.2) is 48.5 Å². The van der Waals surface area contributed by atoms with Crippen LogP contribution in [0.4, 0.5) is 0 Å². The van der Waals surface area contributed by atoms with Gasteiger partial charge in [-0.25, -0.2) is 9.59 Å². The van der Waals surface area contributed by atoms with Crippen molar-refractivity contribution in [2.75, 3.05) is 26.4 Å². The standard InChI is InChI=1S/C23H24O8/c1-3-28-22(26)20(24)16-6-10-18(11-7-16)30-14-5-15-31-19-12-8-17(9-13-19)21(25)23(27)29-4-2/h6-13H,3-5,14-15H2,1-2H3. The second-order valence-corrected chi connectivity index (χ2v) is 6.20. The average Bonchev–Trinajstić information content (AvgIpc) is 2.79. The van der Waals surface area contributed by atoms with E-state index in [1.54, 1.807) is 38.1 Å². The lowest BCUT2D eigenvalue weighted by Crippen LogP contribution is -2.17. The molecule has 2 rings (SSSR count). The highest BCUT2D eigenvalue weighted by Crippen LogP contribution is 2.15. The molecule has 2 aromatic carbocycles. The maximum atomic E-state index is 11.8. The van der Waals surface area contributed by atoms with Gasteiger partial charge in [-0.15, -0.1) is 0 Å². The molecule has 0 aliphatic rings. The normalized spacial score (nSPS) is 10.1. The molecule has 0 amide bonds. The average molecular weight is 428 g/mol. The first-order valence-electron chi connectivity index (χ1n) is 9.84. The molecule has 0 aliphatic carbocycles. The number of Topliss-reactive ketones (excluding diaryl/α,β-unsaturated/α-hetero) is 2. The second kappa shape index (κ2) is 12.1. The molecule has 8 heteroatoms. The maximum absolute atomic E-state index is 11.8. The van der Waals surface area contributed by atoms with Crippen molar-refractivity contribution in [1.82, 2.24) is 0 Å². The molecule has 164 valence electrons. The predicted octanol–water partition coefficient (Wildman–Crippen LogP) is 3.03. The van der Waals surface area contributed by atoms with E-state index < -0.39 is 23.5 Å². The van der Waals surface area contributed by atoms with Crippen LogP contribution in [0.2, 0.25) is 0 Å². The van der Waals surface area contributed by atoms with Gasteiger partial charge in [-0.3, -0.25) is 9.59 Å². The number of hydrogen-bond donors (Lipinski definition) is 0. The third kappa shape index (κ3) is 7.26. The Bertz CT molecular complexity index is 825. The topological polar surface area (TPSA) is 105 Å². The van der Waals surface area contributed by atoms with E-state index in [1.807, 2.05) is 0 Å². The van der Waals surface area contributed by atoms with Crippen molar-refractivity contribution in [1.29, 1.82) is 0 Å². The quantitative estimate of drug-likeness (QED) is 0.220. The summed E-state index contributed by atoms with van der Waals surface area (Å²) in [5.74, 6) is -2.05. The first kappa shape index (κ1) is 23.6. The summed E-state index contributed by atoms with van der Waals surface area (Å²) in [4.78, 5) is 46.5. The Hall–Kier alpha value is -3.68. The lowest BCUT2D eigenvalue weighted by atomic mass is 10.1. The van der Waals surface area contributed by atoms with Crippen LogP contribution in [0.1, 0.15) is 41.0 Å². The molecule has 0 aliphatic heterocycles. The van der Waals surface area contributed by atoms with E-state index in [1.165, 1.54) is 24.3 Å². The zero-order chi connectivity index (χ0) is 22.6.